The van der Waals surface area contributed by atoms with Crippen LogP contribution in [-0.4, -0.2) is 20.1 Å². The van der Waals surface area contributed by atoms with Crippen molar-refractivity contribution in [1.82, 2.24) is 14.8 Å². The maximum absolute atomic E-state index is 4.35. The zero-order valence-electron chi connectivity index (χ0n) is 9.83. The van der Waals surface area contributed by atoms with Gasteiger partial charge in [0.05, 0.1) is 0 Å². The first kappa shape index (κ1) is 12.7. The van der Waals surface area contributed by atoms with Crippen molar-refractivity contribution < 1.29 is 0 Å². The van der Waals surface area contributed by atoms with Crippen LogP contribution in [0.5, 0.6) is 0 Å². The Labute approximate surface area is 100 Å². The van der Waals surface area contributed by atoms with Crippen LogP contribution >= 0.6 is 15.9 Å². The summed E-state index contributed by atoms with van der Waals surface area (Å²) >= 11 is 3.58. The van der Waals surface area contributed by atoms with Gasteiger partial charge < -0.3 is 0 Å². The van der Waals surface area contributed by atoms with E-state index < -0.39 is 0 Å². The van der Waals surface area contributed by atoms with Gasteiger partial charge in [0, 0.05) is 18.3 Å². The molecule has 0 aliphatic carbocycles. The molecule has 0 spiro atoms. The Morgan fingerprint density at radius 1 is 1.47 bits per heavy atom. The highest BCUT2D eigenvalue weighted by Gasteiger charge is 2.23. The molecule has 0 aliphatic rings. The van der Waals surface area contributed by atoms with Crippen LogP contribution in [0.2, 0.25) is 0 Å². The van der Waals surface area contributed by atoms with E-state index in [1.54, 1.807) is 6.33 Å². The maximum atomic E-state index is 4.35. The number of hydrogen-bond donors (Lipinski definition) is 0. The second-order valence-corrected chi connectivity index (χ2v) is 4.93. The zero-order valence-corrected chi connectivity index (χ0v) is 11.4. The van der Waals surface area contributed by atoms with Crippen LogP contribution in [0, 0.1) is 5.41 Å². The number of alkyl halides is 1. The standard InChI is InChI=1S/C11H20BrN3/c1-4-6-15-10(13-9-14-15)7-11(3,5-2)8-12/h9H,4-8H2,1-3H3. The van der Waals surface area contributed by atoms with Crippen molar-refractivity contribution in [2.24, 2.45) is 5.41 Å². The molecule has 0 saturated carbocycles. The Hall–Kier alpha value is -0.380. The third kappa shape index (κ3) is 3.30. The summed E-state index contributed by atoms with van der Waals surface area (Å²) < 4.78 is 2.02. The fraction of sp³-hybridized carbons (Fsp3) is 0.818. The third-order valence-electron chi connectivity index (χ3n) is 2.89. The van der Waals surface area contributed by atoms with Crippen molar-refractivity contribution in [2.75, 3.05) is 5.33 Å². The highest BCUT2D eigenvalue weighted by atomic mass is 79.9. The molecule has 0 bridgehead atoms. The maximum Gasteiger partial charge on any atom is 0.138 e. The fourth-order valence-electron chi connectivity index (χ4n) is 1.47. The summed E-state index contributed by atoms with van der Waals surface area (Å²) in [6.45, 7) is 7.64. The van der Waals surface area contributed by atoms with Crippen molar-refractivity contribution >= 4 is 15.9 Å². The van der Waals surface area contributed by atoms with Gasteiger partial charge in [-0.3, -0.25) is 4.68 Å². The van der Waals surface area contributed by atoms with Gasteiger partial charge in [-0.15, -0.1) is 0 Å². The van der Waals surface area contributed by atoms with Crippen LogP contribution in [0.3, 0.4) is 0 Å². The molecular weight excluding hydrogens is 254 g/mol. The summed E-state index contributed by atoms with van der Waals surface area (Å²) in [5.74, 6) is 1.11. The van der Waals surface area contributed by atoms with E-state index in [4.69, 9.17) is 0 Å². The van der Waals surface area contributed by atoms with Gasteiger partial charge in [0.2, 0.25) is 0 Å². The van der Waals surface area contributed by atoms with Crippen LogP contribution in [0.15, 0.2) is 6.33 Å². The molecule has 1 rings (SSSR count). The van der Waals surface area contributed by atoms with E-state index in [1.165, 1.54) is 0 Å². The molecule has 0 N–H and O–H groups in total. The van der Waals surface area contributed by atoms with Gasteiger partial charge in [-0.05, 0) is 18.3 Å². The molecule has 1 heterocycles. The van der Waals surface area contributed by atoms with Gasteiger partial charge in [-0.1, -0.05) is 36.7 Å². The molecule has 86 valence electrons. The Bertz CT molecular complexity index is 292. The number of nitrogens with zero attached hydrogens (tertiary/aromatic N) is 3. The minimum Gasteiger partial charge on any atom is -0.250 e. The monoisotopic (exact) mass is 273 g/mol. The molecule has 15 heavy (non-hydrogen) atoms. The van der Waals surface area contributed by atoms with E-state index in [0.717, 1.165) is 37.0 Å². The first-order valence-electron chi connectivity index (χ1n) is 5.58. The van der Waals surface area contributed by atoms with Crippen LogP contribution in [0.1, 0.15) is 39.4 Å². The fourth-order valence-corrected chi connectivity index (χ4v) is 2.07. The largest absolute Gasteiger partial charge is 0.250 e. The second-order valence-electron chi connectivity index (χ2n) is 4.37. The average Bonchev–Trinajstić information content (AvgIpc) is 2.66. The van der Waals surface area contributed by atoms with Crippen molar-refractivity contribution in [3.63, 3.8) is 0 Å². The molecule has 0 amide bonds. The predicted molar refractivity (Wildman–Crippen MR) is 66.2 cm³/mol. The van der Waals surface area contributed by atoms with E-state index in [9.17, 15) is 0 Å². The highest BCUT2D eigenvalue weighted by molar-refractivity contribution is 9.09. The van der Waals surface area contributed by atoms with Gasteiger partial charge in [0.1, 0.15) is 12.2 Å². The summed E-state index contributed by atoms with van der Waals surface area (Å²) in [7, 11) is 0. The lowest BCUT2D eigenvalue weighted by Gasteiger charge is -2.25. The minimum atomic E-state index is 0.290. The number of halogens is 1. The van der Waals surface area contributed by atoms with Crippen molar-refractivity contribution in [2.45, 2.75) is 46.6 Å². The van der Waals surface area contributed by atoms with Crippen molar-refractivity contribution in [3.8, 4) is 0 Å². The van der Waals surface area contributed by atoms with E-state index >= 15 is 0 Å². The number of rotatable bonds is 6. The van der Waals surface area contributed by atoms with E-state index in [0.29, 0.717) is 5.41 Å². The highest BCUT2D eigenvalue weighted by Crippen LogP contribution is 2.27. The second kappa shape index (κ2) is 5.64. The number of aryl methyl sites for hydroxylation is 1. The Balaban J connectivity index is 2.74. The van der Waals surface area contributed by atoms with Crippen LogP contribution < -0.4 is 0 Å². The predicted octanol–water partition coefficient (Wildman–Crippen LogP) is 3.04. The first-order chi connectivity index (χ1) is 7.15. The lowest BCUT2D eigenvalue weighted by atomic mass is 9.86. The molecule has 1 unspecified atom stereocenters. The van der Waals surface area contributed by atoms with E-state index in [2.05, 4.69) is 46.8 Å². The van der Waals surface area contributed by atoms with Gasteiger partial charge in [0.15, 0.2) is 0 Å². The summed E-state index contributed by atoms with van der Waals surface area (Å²) in [5.41, 5.74) is 0.290. The van der Waals surface area contributed by atoms with Crippen LogP contribution in [-0.2, 0) is 13.0 Å². The molecule has 0 saturated heterocycles. The Morgan fingerprint density at radius 2 is 2.20 bits per heavy atom. The number of aromatic nitrogens is 3. The molecule has 0 fully saturated rings. The summed E-state index contributed by atoms with van der Waals surface area (Å²) in [6, 6.07) is 0. The molecule has 0 aliphatic heterocycles. The molecule has 1 aromatic rings. The van der Waals surface area contributed by atoms with Crippen molar-refractivity contribution in [3.05, 3.63) is 12.2 Å². The van der Waals surface area contributed by atoms with Gasteiger partial charge >= 0.3 is 0 Å². The normalized spacial score (nSPS) is 15.2. The zero-order chi connectivity index (χ0) is 11.3. The van der Waals surface area contributed by atoms with E-state index in [1.807, 2.05) is 4.68 Å². The van der Waals surface area contributed by atoms with Crippen LogP contribution in [0.25, 0.3) is 0 Å². The molecule has 1 atom stereocenters. The molecule has 0 radical (unpaired) electrons. The van der Waals surface area contributed by atoms with Gasteiger partial charge in [-0.25, -0.2) is 4.98 Å². The van der Waals surface area contributed by atoms with Gasteiger partial charge in [-0.2, -0.15) is 5.10 Å². The molecule has 4 heteroatoms. The SMILES string of the molecule is CCCn1ncnc1CC(C)(CC)CBr. The molecule has 1 aromatic heterocycles. The topological polar surface area (TPSA) is 30.7 Å². The third-order valence-corrected chi connectivity index (χ3v) is 4.25. The Kier molecular flexibility index (Phi) is 4.77. The van der Waals surface area contributed by atoms with Crippen LogP contribution in [0.4, 0.5) is 0 Å². The quantitative estimate of drug-likeness (QED) is 0.746. The summed E-state index contributed by atoms with van der Waals surface area (Å²) in [5, 5.41) is 5.26. The smallest absolute Gasteiger partial charge is 0.138 e. The van der Waals surface area contributed by atoms with E-state index in [-0.39, 0.29) is 0 Å². The Morgan fingerprint density at radius 3 is 2.73 bits per heavy atom. The molecule has 3 nitrogen and oxygen atoms in total. The first-order valence-corrected chi connectivity index (χ1v) is 6.70. The minimum absolute atomic E-state index is 0.290. The van der Waals surface area contributed by atoms with Gasteiger partial charge in [0.25, 0.3) is 0 Å². The molecule has 0 aromatic carbocycles. The summed E-state index contributed by atoms with van der Waals surface area (Å²) in [6.07, 6.45) is 4.91. The lowest BCUT2D eigenvalue weighted by molar-refractivity contribution is 0.343. The summed E-state index contributed by atoms with van der Waals surface area (Å²) in [4.78, 5) is 4.35. The lowest BCUT2D eigenvalue weighted by Crippen LogP contribution is -2.23. The van der Waals surface area contributed by atoms with Crippen molar-refractivity contribution in [1.29, 1.82) is 0 Å². The number of hydrogen-bond acceptors (Lipinski definition) is 2. The average molecular weight is 274 g/mol. The molecular formula is C11H20BrN3.